The summed E-state index contributed by atoms with van der Waals surface area (Å²) in [5, 5.41) is 9.52. The highest BCUT2D eigenvalue weighted by Crippen LogP contribution is 2.42. The highest BCUT2D eigenvalue weighted by Gasteiger charge is 2.47. The lowest BCUT2D eigenvalue weighted by atomic mass is 9.85. The third kappa shape index (κ3) is 2.77. The summed E-state index contributed by atoms with van der Waals surface area (Å²) in [5.74, 6) is -0.738. The van der Waals surface area contributed by atoms with E-state index in [-0.39, 0.29) is 11.9 Å². The summed E-state index contributed by atoms with van der Waals surface area (Å²) in [6.45, 7) is 0.549. The summed E-state index contributed by atoms with van der Waals surface area (Å²) in [7, 11) is 0. The van der Waals surface area contributed by atoms with E-state index in [2.05, 4.69) is 4.98 Å². The minimum Gasteiger partial charge on any atom is -0.481 e. The molecule has 0 spiro atoms. The van der Waals surface area contributed by atoms with Gasteiger partial charge in [0.2, 0.25) is 5.91 Å². The molecule has 3 heterocycles. The zero-order chi connectivity index (χ0) is 16.7. The molecule has 6 heteroatoms. The van der Waals surface area contributed by atoms with Crippen LogP contribution in [0.3, 0.4) is 0 Å². The largest absolute Gasteiger partial charge is 0.481 e. The molecule has 126 valence electrons. The van der Waals surface area contributed by atoms with Crippen LogP contribution in [0.4, 0.5) is 0 Å². The van der Waals surface area contributed by atoms with Crippen molar-refractivity contribution in [2.75, 3.05) is 6.54 Å². The van der Waals surface area contributed by atoms with E-state index in [4.69, 9.17) is 0 Å². The second-order valence-corrected chi connectivity index (χ2v) is 6.85. The molecule has 2 fully saturated rings. The Bertz CT molecular complexity index is 748. The van der Waals surface area contributed by atoms with Gasteiger partial charge in [-0.15, -0.1) is 0 Å². The normalized spacial score (nSPS) is 24.5. The van der Waals surface area contributed by atoms with Gasteiger partial charge in [-0.05, 0) is 37.3 Å². The first kappa shape index (κ1) is 15.2. The number of imidazole rings is 1. The third-order valence-corrected chi connectivity index (χ3v) is 5.21. The Morgan fingerprint density at radius 1 is 1.29 bits per heavy atom. The van der Waals surface area contributed by atoms with E-state index in [1.807, 2.05) is 39.9 Å². The number of fused-ring (bicyclic) bond motifs is 1. The van der Waals surface area contributed by atoms with Crippen molar-refractivity contribution in [3.63, 3.8) is 0 Å². The van der Waals surface area contributed by atoms with Crippen LogP contribution in [0.15, 0.2) is 30.6 Å². The first-order valence-electron chi connectivity index (χ1n) is 8.58. The SMILES string of the molecule is O=C(O)[C@@H]1CCC(=O)N(CCc2cn3ccccc3n2)[C@H]1C1CC1. The molecule has 1 N–H and O–H groups in total. The van der Waals surface area contributed by atoms with Crippen LogP contribution in [0.25, 0.3) is 5.65 Å². The highest BCUT2D eigenvalue weighted by atomic mass is 16.4. The molecule has 1 saturated carbocycles. The number of aliphatic carboxylic acids is 1. The molecule has 1 aliphatic carbocycles. The Morgan fingerprint density at radius 3 is 2.83 bits per heavy atom. The van der Waals surface area contributed by atoms with Gasteiger partial charge in [-0.1, -0.05) is 6.07 Å². The van der Waals surface area contributed by atoms with Crippen molar-refractivity contribution in [2.24, 2.45) is 11.8 Å². The summed E-state index contributed by atoms with van der Waals surface area (Å²) < 4.78 is 1.96. The number of carboxylic acids is 1. The monoisotopic (exact) mass is 327 g/mol. The zero-order valence-electron chi connectivity index (χ0n) is 13.5. The summed E-state index contributed by atoms with van der Waals surface area (Å²) in [6.07, 6.45) is 7.46. The maximum atomic E-state index is 12.4. The fourth-order valence-corrected chi connectivity index (χ4v) is 3.88. The number of piperidine rings is 1. The van der Waals surface area contributed by atoms with Crippen LogP contribution in [0.5, 0.6) is 0 Å². The van der Waals surface area contributed by atoms with Crippen LogP contribution in [0.2, 0.25) is 0 Å². The average Bonchev–Trinajstić information content (AvgIpc) is 3.32. The van der Waals surface area contributed by atoms with Crippen LogP contribution in [0, 0.1) is 11.8 Å². The van der Waals surface area contributed by atoms with Crippen molar-refractivity contribution in [3.05, 3.63) is 36.3 Å². The lowest BCUT2D eigenvalue weighted by Gasteiger charge is -2.39. The number of hydrogen-bond donors (Lipinski definition) is 1. The van der Waals surface area contributed by atoms with Crippen molar-refractivity contribution >= 4 is 17.5 Å². The second kappa shape index (κ2) is 5.92. The molecule has 2 aromatic heterocycles. The van der Waals surface area contributed by atoms with Crippen molar-refractivity contribution in [1.82, 2.24) is 14.3 Å². The number of nitrogens with zero attached hydrogens (tertiary/aromatic N) is 3. The fraction of sp³-hybridized carbons (Fsp3) is 0.500. The number of rotatable bonds is 5. The zero-order valence-corrected chi connectivity index (χ0v) is 13.5. The summed E-state index contributed by atoms with van der Waals surface area (Å²) >= 11 is 0. The van der Waals surface area contributed by atoms with E-state index in [1.54, 1.807) is 0 Å². The fourth-order valence-electron chi connectivity index (χ4n) is 3.88. The van der Waals surface area contributed by atoms with Gasteiger partial charge in [0, 0.05) is 37.8 Å². The van der Waals surface area contributed by atoms with Crippen molar-refractivity contribution in [3.8, 4) is 0 Å². The molecule has 0 radical (unpaired) electrons. The second-order valence-electron chi connectivity index (χ2n) is 6.85. The van der Waals surface area contributed by atoms with Gasteiger partial charge >= 0.3 is 5.97 Å². The maximum Gasteiger partial charge on any atom is 0.308 e. The third-order valence-electron chi connectivity index (χ3n) is 5.21. The topological polar surface area (TPSA) is 74.9 Å². The number of carboxylic acid groups (broad SMARTS) is 1. The molecule has 1 aliphatic heterocycles. The molecule has 2 aromatic rings. The van der Waals surface area contributed by atoms with Gasteiger partial charge < -0.3 is 14.4 Å². The quantitative estimate of drug-likeness (QED) is 0.911. The Balaban J connectivity index is 1.52. The molecule has 4 rings (SSSR count). The van der Waals surface area contributed by atoms with Gasteiger partial charge in [0.1, 0.15) is 5.65 Å². The molecule has 1 saturated heterocycles. The molecular weight excluding hydrogens is 306 g/mol. The molecule has 0 aromatic carbocycles. The van der Waals surface area contributed by atoms with Gasteiger partial charge in [0.25, 0.3) is 0 Å². The van der Waals surface area contributed by atoms with Crippen LogP contribution >= 0.6 is 0 Å². The van der Waals surface area contributed by atoms with Gasteiger partial charge in [-0.25, -0.2) is 4.98 Å². The molecule has 1 amide bonds. The first-order valence-corrected chi connectivity index (χ1v) is 8.58. The Kier molecular flexibility index (Phi) is 3.75. The standard InChI is InChI=1S/C18H21N3O3/c22-16-7-6-14(18(23)24)17(12-4-5-12)21(16)10-8-13-11-20-9-2-1-3-15(20)19-13/h1-3,9,11-12,14,17H,4-8,10H2,(H,23,24)/t14-,17+/m1/s1. The molecule has 6 nitrogen and oxygen atoms in total. The predicted molar refractivity (Wildman–Crippen MR) is 87.5 cm³/mol. The number of pyridine rings is 1. The van der Waals surface area contributed by atoms with Crippen LogP contribution in [-0.4, -0.2) is 43.9 Å². The number of carbonyl (C=O) groups excluding carboxylic acids is 1. The van der Waals surface area contributed by atoms with E-state index in [9.17, 15) is 14.7 Å². The lowest BCUT2D eigenvalue weighted by molar-refractivity contribution is -0.152. The molecule has 24 heavy (non-hydrogen) atoms. The van der Waals surface area contributed by atoms with E-state index >= 15 is 0 Å². The van der Waals surface area contributed by atoms with E-state index < -0.39 is 11.9 Å². The minimum absolute atomic E-state index is 0.0909. The minimum atomic E-state index is -0.767. The first-order chi connectivity index (χ1) is 11.6. The van der Waals surface area contributed by atoms with Crippen molar-refractivity contribution < 1.29 is 14.7 Å². The van der Waals surface area contributed by atoms with Gasteiger partial charge in [0.15, 0.2) is 0 Å². The number of aromatic nitrogens is 2. The number of carbonyl (C=O) groups is 2. The van der Waals surface area contributed by atoms with Gasteiger partial charge in [-0.2, -0.15) is 0 Å². The summed E-state index contributed by atoms with van der Waals surface area (Å²) in [6, 6.07) is 5.71. The Labute approximate surface area is 140 Å². The number of amides is 1. The maximum absolute atomic E-state index is 12.4. The summed E-state index contributed by atoms with van der Waals surface area (Å²) in [4.78, 5) is 30.4. The van der Waals surface area contributed by atoms with Crippen LogP contribution in [-0.2, 0) is 16.0 Å². The van der Waals surface area contributed by atoms with Crippen molar-refractivity contribution in [1.29, 1.82) is 0 Å². The number of likely N-dealkylation sites (tertiary alicyclic amines) is 1. The van der Waals surface area contributed by atoms with E-state index in [1.165, 1.54) is 0 Å². The smallest absolute Gasteiger partial charge is 0.308 e. The molecule has 0 unspecified atom stereocenters. The molecule has 2 atom stereocenters. The van der Waals surface area contributed by atoms with E-state index in [0.717, 1.165) is 24.2 Å². The molecule has 2 aliphatic rings. The van der Waals surface area contributed by atoms with Gasteiger partial charge in [0.05, 0.1) is 11.6 Å². The lowest BCUT2D eigenvalue weighted by Crippen LogP contribution is -2.52. The Morgan fingerprint density at radius 2 is 2.12 bits per heavy atom. The van der Waals surface area contributed by atoms with Crippen molar-refractivity contribution in [2.45, 2.75) is 38.1 Å². The average molecular weight is 327 g/mol. The predicted octanol–water partition coefficient (Wildman–Crippen LogP) is 1.98. The van der Waals surface area contributed by atoms with Crippen LogP contribution in [0.1, 0.15) is 31.4 Å². The van der Waals surface area contributed by atoms with Crippen LogP contribution < -0.4 is 0 Å². The Hall–Kier alpha value is -2.37. The molecule has 0 bridgehead atoms. The van der Waals surface area contributed by atoms with Gasteiger partial charge in [-0.3, -0.25) is 9.59 Å². The highest BCUT2D eigenvalue weighted by molar-refractivity contribution is 5.81. The van der Waals surface area contributed by atoms with E-state index in [0.29, 0.717) is 31.7 Å². The summed E-state index contributed by atoms with van der Waals surface area (Å²) in [5.41, 5.74) is 1.82. The molecular formula is C18H21N3O3. The number of hydrogen-bond acceptors (Lipinski definition) is 3.